The Hall–Kier alpha value is -1.55. The van der Waals surface area contributed by atoms with E-state index in [9.17, 15) is 4.79 Å². The molecule has 0 saturated carbocycles. The van der Waals surface area contributed by atoms with Gasteiger partial charge in [0.1, 0.15) is 6.61 Å². The maximum atomic E-state index is 11.9. The van der Waals surface area contributed by atoms with Crippen molar-refractivity contribution < 1.29 is 9.53 Å². The molecule has 1 aromatic carbocycles. The lowest BCUT2D eigenvalue weighted by Gasteiger charge is -2.22. The lowest BCUT2D eigenvalue weighted by atomic mass is 10.1. The van der Waals surface area contributed by atoms with E-state index in [-0.39, 0.29) is 12.1 Å². The molecule has 0 aromatic heterocycles. The van der Waals surface area contributed by atoms with Crippen molar-refractivity contribution in [3.05, 3.63) is 29.3 Å². The van der Waals surface area contributed by atoms with Crippen molar-refractivity contribution >= 4 is 11.8 Å². The molecule has 1 N–H and O–H groups in total. The van der Waals surface area contributed by atoms with Gasteiger partial charge in [0.2, 0.25) is 0 Å². The number of hydrogen-bond acceptors (Lipinski definition) is 3. The summed E-state index contributed by atoms with van der Waals surface area (Å²) >= 11 is 0. The maximum absolute atomic E-state index is 11.9. The second kappa shape index (κ2) is 5.40. The molecular weight excluding hydrogens is 228 g/mol. The summed E-state index contributed by atoms with van der Waals surface area (Å²) < 4.78 is 5.17. The summed E-state index contributed by atoms with van der Waals surface area (Å²) in [5.41, 5.74) is 3.27. The topological polar surface area (TPSA) is 41.6 Å². The van der Waals surface area contributed by atoms with Crippen LogP contribution < -0.4 is 10.2 Å². The molecule has 1 aromatic rings. The number of benzene rings is 1. The SMILES string of the molecule is CNCCC1COC(=O)N1c1cc(C)cc(C)c1. The van der Waals surface area contributed by atoms with Gasteiger partial charge in [-0.1, -0.05) is 6.07 Å². The molecule has 4 heteroatoms. The van der Waals surface area contributed by atoms with E-state index in [4.69, 9.17) is 4.74 Å². The zero-order valence-electron chi connectivity index (χ0n) is 11.2. The second-order valence-corrected chi connectivity index (χ2v) is 4.84. The van der Waals surface area contributed by atoms with Crippen LogP contribution in [0.4, 0.5) is 10.5 Å². The minimum Gasteiger partial charge on any atom is -0.447 e. The third-order valence-electron chi connectivity index (χ3n) is 3.17. The Morgan fingerprint density at radius 1 is 1.33 bits per heavy atom. The first-order chi connectivity index (χ1) is 8.61. The predicted octanol–water partition coefficient (Wildman–Crippen LogP) is 2.24. The Morgan fingerprint density at radius 2 is 2.00 bits per heavy atom. The van der Waals surface area contributed by atoms with Crippen LogP contribution in [-0.4, -0.2) is 32.3 Å². The predicted molar refractivity (Wildman–Crippen MR) is 72.1 cm³/mol. The molecular formula is C14H20N2O2. The summed E-state index contributed by atoms with van der Waals surface area (Å²) in [5, 5.41) is 3.11. The fraction of sp³-hybridized carbons (Fsp3) is 0.500. The van der Waals surface area contributed by atoms with E-state index < -0.39 is 0 Å². The Bertz CT molecular complexity index is 425. The number of anilines is 1. The number of carbonyl (C=O) groups is 1. The highest BCUT2D eigenvalue weighted by Gasteiger charge is 2.33. The first-order valence-corrected chi connectivity index (χ1v) is 6.30. The van der Waals surface area contributed by atoms with Crippen molar-refractivity contribution in [1.29, 1.82) is 0 Å². The van der Waals surface area contributed by atoms with E-state index in [1.165, 1.54) is 0 Å². The minimum absolute atomic E-state index is 0.131. The number of nitrogens with zero attached hydrogens (tertiary/aromatic N) is 1. The smallest absolute Gasteiger partial charge is 0.414 e. The highest BCUT2D eigenvalue weighted by molar-refractivity contribution is 5.90. The molecule has 1 aliphatic rings. The van der Waals surface area contributed by atoms with Gasteiger partial charge < -0.3 is 10.1 Å². The zero-order chi connectivity index (χ0) is 13.1. The molecule has 1 fully saturated rings. The van der Waals surface area contributed by atoms with Crippen molar-refractivity contribution in [3.63, 3.8) is 0 Å². The average molecular weight is 248 g/mol. The first kappa shape index (κ1) is 12.9. The largest absolute Gasteiger partial charge is 0.447 e. The number of nitrogens with one attached hydrogen (secondary N) is 1. The number of carbonyl (C=O) groups excluding carboxylic acids is 1. The standard InChI is InChI=1S/C14H20N2O2/c1-10-6-11(2)8-13(7-10)16-12(4-5-15-3)9-18-14(16)17/h6-8,12,15H,4-5,9H2,1-3H3. The molecule has 0 radical (unpaired) electrons. The molecule has 98 valence electrons. The van der Waals surface area contributed by atoms with Crippen LogP contribution in [0.5, 0.6) is 0 Å². The molecule has 1 unspecified atom stereocenters. The van der Waals surface area contributed by atoms with Crippen LogP contribution in [0.15, 0.2) is 18.2 Å². The lowest BCUT2D eigenvalue weighted by molar-refractivity contribution is 0.178. The summed E-state index contributed by atoms with van der Waals surface area (Å²) in [7, 11) is 1.92. The van der Waals surface area contributed by atoms with Crippen LogP contribution in [0.3, 0.4) is 0 Å². The average Bonchev–Trinajstić information content (AvgIpc) is 2.66. The van der Waals surface area contributed by atoms with Crippen LogP contribution in [0.1, 0.15) is 17.5 Å². The lowest BCUT2D eigenvalue weighted by Crippen LogP contribution is -2.35. The van der Waals surface area contributed by atoms with Gasteiger partial charge in [0, 0.05) is 5.69 Å². The van der Waals surface area contributed by atoms with E-state index in [0.717, 1.165) is 29.8 Å². The molecule has 1 atom stereocenters. The third-order valence-corrected chi connectivity index (χ3v) is 3.17. The number of ether oxygens (including phenoxy) is 1. The Morgan fingerprint density at radius 3 is 2.61 bits per heavy atom. The Balaban J connectivity index is 2.24. The van der Waals surface area contributed by atoms with Gasteiger partial charge in [-0.25, -0.2) is 4.79 Å². The summed E-state index contributed by atoms with van der Waals surface area (Å²) in [6.45, 7) is 5.44. The van der Waals surface area contributed by atoms with Crippen LogP contribution in [0.25, 0.3) is 0 Å². The quantitative estimate of drug-likeness (QED) is 0.888. The molecule has 1 aliphatic heterocycles. The Labute approximate surface area is 108 Å². The fourth-order valence-electron chi connectivity index (χ4n) is 2.39. The van der Waals surface area contributed by atoms with Gasteiger partial charge >= 0.3 is 6.09 Å². The molecule has 0 bridgehead atoms. The Kier molecular flexibility index (Phi) is 3.87. The van der Waals surface area contributed by atoms with E-state index in [2.05, 4.69) is 11.4 Å². The first-order valence-electron chi connectivity index (χ1n) is 6.30. The second-order valence-electron chi connectivity index (χ2n) is 4.84. The van der Waals surface area contributed by atoms with Crippen LogP contribution in [0, 0.1) is 13.8 Å². The van der Waals surface area contributed by atoms with E-state index in [1.54, 1.807) is 4.90 Å². The summed E-state index contributed by atoms with van der Waals surface area (Å²) in [6, 6.07) is 6.30. The molecule has 2 rings (SSSR count). The molecule has 0 aliphatic carbocycles. The summed E-state index contributed by atoms with van der Waals surface area (Å²) in [5.74, 6) is 0. The van der Waals surface area contributed by atoms with Crippen molar-refractivity contribution in [1.82, 2.24) is 5.32 Å². The number of aryl methyl sites for hydroxylation is 2. The van der Waals surface area contributed by atoms with Crippen molar-refractivity contribution in [2.45, 2.75) is 26.3 Å². The van der Waals surface area contributed by atoms with Crippen molar-refractivity contribution in [2.24, 2.45) is 0 Å². The number of cyclic esters (lactones) is 1. The number of amides is 1. The summed E-state index contributed by atoms with van der Waals surface area (Å²) in [4.78, 5) is 13.6. The molecule has 0 spiro atoms. The monoisotopic (exact) mass is 248 g/mol. The molecule has 1 heterocycles. The fourth-order valence-corrected chi connectivity index (χ4v) is 2.39. The normalized spacial score (nSPS) is 19.2. The zero-order valence-corrected chi connectivity index (χ0v) is 11.2. The molecule has 1 amide bonds. The summed E-state index contributed by atoms with van der Waals surface area (Å²) in [6.07, 6.45) is 0.663. The maximum Gasteiger partial charge on any atom is 0.414 e. The minimum atomic E-state index is -0.235. The number of hydrogen-bond donors (Lipinski definition) is 1. The van der Waals surface area contributed by atoms with Gasteiger partial charge in [0.05, 0.1) is 6.04 Å². The van der Waals surface area contributed by atoms with E-state index in [0.29, 0.717) is 6.61 Å². The highest BCUT2D eigenvalue weighted by Crippen LogP contribution is 2.26. The van der Waals surface area contributed by atoms with Gasteiger partial charge in [0.25, 0.3) is 0 Å². The van der Waals surface area contributed by atoms with Gasteiger partial charge in [-0.3, -0.25) is 4.90 Å². The molecule has 4 nitrogen and oxygen atoms in total. The van der Waals surface area contributed by atoms with E-state index in [1.807, 2.05) is 33.0 Å². The van der Waals surface area contributed by atoms with E-state index >= 15 is 0 Å². The van der Waals surface area contributed by atoms with Gasteiger partial charge in [-0.05, 0) is 57.1 Å². The van der Waals surface area contributed by atoms with Crippen molar-refractivity contribution in [2.75, 3.05) is 25.1 Å². The third kappa shape index (κ3) is 2.64. The van der Waals surface area contributed by atoms with Crippen LogP contribution >= 0.6 is 0 Å². The highest BCUT2D eigenvalue weighted by atomic mass is 16.6. The van der Waals surface area contributed by atoms with Gasteiger partial charge in [-0.15, -0.1) is 0 Å². The van der Waals surface area contributed by atoms with Crippen LogP contribution in [-0.2, 0) is 4.74 Å². The molecule has 18 heavy (non-hydrogen) atoms. The van der Waals surface area contributed by atoms with Gasteiger partial charge in [-0.2, -0.15) is 0 Å². The van der Waals surface area contributed by atoms with Crippen LogP contribution in [0.2, 0.25) is 0 Å². The molecule has 1 saturated heterocycles. The van der Waals surface area contributed by atoms with Gasteiger partial charge in [0.15, 0.2) is 0 Å². The van der Waals surface area contributed by atoms with Crippen molar-refractivity contribution in [3.8, 4) is 0 Å². The number of rotatable bonds is 4.